The Hall–Kier alpha value is -0.446. The van der Waals surface area contributed by atoms with Crippen LogP contribution < -0.4 is 0 Å². The highest BCUT2D eigenvalue weighted by Crippen LogP contribution is 2.11. The molecule has 0 aliphatic rings. The van der Waals surface area contributed by atoms with Crippen molar-refractivity contribution < 1.29 is 8.91 Å². The normalized spacial score (nSPS) is 13.2. The monoisotopic (exact) mass is 215 g/mol. The first-order chi connectivity index (χ1) is 6.24. The van der Waals surface area contributed by atoms with Gasteiger partial charge in [-0.3, -0.25) is 4.79 Å². The molecule has 0 saturated carbocycles. The van der Waals surface area contributed by atoms with Crippen molar-refractivity contribution in [3.8, 4) is 6.07 Å². The molecule has 0 radical (unpaired) electrons. The molecule has 0 bridgehead atoms. The molecule has 0 aliphatic heterocycles. The highest BCUT2D eigenvalue weighted by molar-refractivity contribution is 6.37. The largest absolute Gasteiger partial charge is 0.467 e. The summed E-state index contributed by atoms with van der Waals surface area (Å²) in [5.74, 6) is 0.222. The van der Waals surface area contributed by atoms with Crippen molar-refractivity contribution in [3.05, 3.63) is 0 Å². The minimum absolute atomic E-state index is 0.0955. The molecule has 3 nitrogen and oxygen atoms in total. The third-order valence-corrected chi connectivity index (χ3v) is 4.04. The summed E-state index contributed by atoms with van der Waals surface area (Å²) >= 11 is 0. The van der Waals surface area contributed by atoms with Crippen molar-refractivity contribution in [3.63, 3.8) is 0 Å². The van der Waals surface area contributed by atoms with Crippen molar-refractivity contribution in [2.75, 3.05) is 0 Å². The van der Waals surface area contributed by atoms with E-state index in [0.717, 1.165) is 12.8 Å². The van der Waals surface area contributed by atoms with Gasteiger partial charge in [-0.2, -0.15) is 5.26 Å². The number of rotatable bonds is 7. The van der Waals surface area contributed by atoms with E-state index in [9.17, 15) is 4.79 Å². The van der Waals surface area contributed by atoms with Crippen LogP contribution in [0.3, 0.4) is 0 Å². The minimum Gasteiger partial charge on any atom is -0.467 e. The molecule has 5 heteroatoms. The van der Waals surface area contributed by atoms with Crippen LogP contribution >= 0.6 is 0 Å². The summed E-state index contributed by atoms with van der Waals surface area (Å²) in [6.07, 6.45) is 3.03. The second-order valence-corrected chi connectivity index (χ2v) is 6.76. The third kappa shape index (κ3) is 6.69. The van der Waals surface area contributed by atoms with E-state index in [1.807, 2.05) is 0 Å². The van der Waals surface area contributed by atoms with E-state index in [-0.39, 0.29) is 11.3 Å². The van der Waals surface area contributed by atoms with Gasteiger partial charge >= 0.3 is 0 Å². The first-order valence-corrected chi connectivity index (χ1v) is 6.85. The Balaban J connectivity index is 3.68. The zero-order valence-corrected chi connectivity index (χ0v) is 11.8. The number of carbonyl (C=O) groups is 1. The molecule has 0 spiro atoms. The van der Waals surface area contributed by atoms with Crippen LogP contribution in [0.4, 0.5) is 0 Å². The first kappa shape index (κ1) is 12.6. The molecular formula is C8H17NO2Si2. The van der Waals surface area contributed by atoms with Gasteiger partial charge in [0.2, 0.25) is 0 Å². The highest BCUT2D eigenvalue weighted by atomic mass is 28.3. The lowest BCUT2D eigenvalue weighted by Gasteiger charge is -2.05. The fourth-order valence-electron chi connectivity index (χ4n) is 1.09. The highest BCUT2D eigenvalue weighted by Gasteiger charge is 2.12. The third-order valence-electron chi connectivity index (χ3n) is 1.83. The van der Waals surface area contributed by atoms with Gasteiger partial charge < -0.3 is 4.12 Å². The van der Waals surface area contributed by atoms with Gasteiger partial charge in [0.15, 0.2) is 9.76 Å². The Kier molecular flexibility index (Phi) is 7.89. The zero-order chi connectivity index (χ0) is 10.1. The van der Waals surface area contributed by atoms with Gasteiger partial charge in [0.1, 0.15) is 16.3 Å². The molecule has 1 atom stereocenters. The minimum atomic E-state index is -0.751. The fourth-order valence-corrected chi connectivity index (χ4v) is 3.22. The molecule has 0 N–H and O–H groups in total. The van der Waals surface area contributed by atoms with Gasteiger partial charge in [-0.1, -0.05) is 13.3 Å². The predicted octanol–water partition coefficient (Wildman–Crippen LogP) is -0.171. The summed E-state index contributed by atoms with van der Waals surface area (Å²) in [4.78, 5) is 11.3. The average molecular weight is 215 g/mol. The molecule has 0 heterocycles. The SMILES string of the molecule is CCCCC(=O)CC(C#N)[SiH2]O[SiH3]. The van der Waals surface area contributed by atoms with Crippen molar-refractivity contribution in [1.82, 2.24) is 0 Å². The van der Waals surface area contributed by atoms with Gasteiger partial charge in [0.25, 0.3) is 0 Å². The predicted molar refractivity (Wildman–Crippen MR) is 58.1 cm³/mol. The van der Waals surface area contributed by atoms with E-state index in [4.69, 9.17) is 9.38 Å². The van der Waals surface area contributed by atoms with Crippen molar-refractivity contribution in [1.29, 1.82) is 5.26 Å². The molecule has 0 aliphatic carbocycles. The van der Waals surface area contributed by atoms with E-state index in [0.29, 0.717) is 23.3 Å². The molecular weight excluding hydrogens is 198 g/mol. The maximum absolute atomic E-state index is 11.3. The first-order valence-electron chi connectivity index (χ1n) is 4.64. The molecule has 0 aromatic carbocycles. The van der Waals surface area contributed by atoms with Gasteiger partial charge in [-0.15, -0.1) is 0 Å². The van der Waals surface area contributed by atoms with Gasteiger partial charge in [0.05, 0.1) is 11.6 Å². The van der Waals surface area contributed by atoms with Crippen LogP contribution in [0.15, 0.2) is 0 Å². The fraction of sp³-hybridized carbons (Fsp3) is 0.750. The number of unbranched alkanes of at least 4 members (excludes halogenated alkanes) is 1. The number of carbonyl (C=O) groups excluding carboxylic acids is 1. The lowest BCUT2D eigenvalue weighted by atomic mass is 10.1. The van der Waals surface area contributed by atoms with E-state index >= 15 is 0 Å². The second-order valence-electron chi connectivity index (χ2n) is 3.13. The maximum Gasteiger partial charge on any atom is 0.163 e. The lowest BCUT2D eigenvalue weighted by Crippen LogP contribution is -2.10. The van der Waals surface area contributed by atoms with Gasteiger partial charge in [-0.05, 0) is 6.42 Å². The number of Topliss-reactive ketones (excluding diaryl/α,β-unsaturated/α-hetero) is 1. The quantitative estimate of drug-likeness (QED) is 0.554. The van der Waals surface area contributed by atoms with E-state index < -0.39 is 9.76 Å². The number of hydrogen-bond acceptors (Lipinski definition) is 3. The van der Waals surface area contributed by atoms with Crippen LogP contribution in [0.25, 0.3) is 0 Å². The number of hydrogen-bond donors (Lipinski definition) is 0. The zero-order valence-electron chi connectivity index (χ0n) is 8.38. The molecule has 0 aromatic rings. The average Bonchev–Trinajstić information content (AvgIpc) is 2.14. The van der Waals surface area contributed by atoms with Gasteiger partial charge in [0, 0.05) is 12.8 Å². The Morgan fingerprint density at radius 3 is 2.92 bits per heavy atom. The number of nitrogens with zero attached hydrogens (tertiary/aromatic N) is 1. The van der Waals surface area contributed by atoms with Gasteiger partial charge in [-0.25, -0.2) is 0 Å². The van der Waals surface area contributed by atoms with Crippen molar-refractivity contribution in [2.24, 2.45) is 0 Å². The maximum atomic E-state index is 11.3. The van der Waals surface area contributed by atoms with E-state index in [1.165, 1.54) is 0 Å². The molecule has 1 unspecified atom stereocenters. The van der Waals surface area contributed by atoms with E-state index in [1.54, 1.807) is 0 Å². The molecule has 0 fully saturated rings. The smallest absolute Gasteiger partial charge is 0.163 e. The molecule has 74 valence electrons. The molecule has 0 aromatic heterocycles. The molecule has 0 amide bonds. The van der Waals surface area contributed by atoms with Crippen LogP contribution in [-0.4, -0.2) is 26.0 Å². The number of ketones is 1. The van der Waals surface area contributed by atoms with E-state index in [2.05, 4.69) is 13.0 Å². The van der Waals surface area contributed by atoms with Crippen LogP contribution in [0, 0.1) is 11.3 Å². The second kappa shape index (κ2) is 8.17. The molecule has 13 heavy (non-hydrogen) atoms. The van der Waals surface area contributed by atoms with Crippen LogP contribution in [-0.2, 0) is 8.91 Å². The Morgan fingerprint density at radius 2 is 2.46 bits per heavy atom. The molecule has 0 rings (SSSR count). The Morgan fingerprint density at radius 1 is 1.77 bits per heavy atom. The Bertz CT molecular complexity index is 191. The lowest BCUT2D eigenvalue weighted by molar-refractivity contribution is -0.119. The van der Waals surface area contributed by atoms with Crippen LogP contribution in [0.5, 0.6) is 0 Å². The summed E-state index contributed by atoms with van der Waals surface area (Å²) in [5, 5.41) is 8.70. The summed E-state index contributed by atoms with van der Waals surface area (Å²) in [6.45, 7) is 2.06. The van der Waals surface area contributed by atoms with Crippen LogP contribution in [0.1, 0.15) is 32.6 Å². The topological polar surface area (TPSA) is 50.1 Å². The summed E-state index contributed by atoms with van der Waals surface area (Å²) in [7, 11) is -0.0563. The standard InChI is InChI=1S/C8H17NO2Si2/c1-2-3-4-7(10)5-8(6-9)13-11-12/h8H,2-5,13H2,1,12H3. The van der Waals surface area contributed by atoms with Crippen molar-refractivity contribution >= 4 is 26.0 Å². The summed E-state index contributed by atoms with van der Waals surface area (Å²) in [5.41, 5.74) is -0.0955. The molecule has 0 saturated heterocycles. The van der Waals surface area contributed by atoms with Crippen LogP contribution in [0.2, 0.25) is 5.54 Å². The summed E-state index contributed by atoms with van der Waals surface area (Å²) in [6, 6.07) is 2.15. The summed E-state index contributed by atoms with van der Waals surface area (Å²) < 4.78 is 5.10. The number of nitriles is 1. The Labute approximate surface area is 85.0 Å². The van der Waals surface area contributed by atoms with Crippen molar-refractivity contribution in [2.45, 2.75) is 38.1 Å².